The lowest BCUT2D eigenvalue weighted by Gasteiger charge is -2.37. The maximum atomic E-state index is 12.6. The average Bonchev–Trinajstić information content (AvgIpc) is 2.99. The van der Waals surface area contributed by atoms with Crippen molar-refractivity contribution in [2.24, 2.45) is 23.5 Å². The Balaban J connectivity index is 0.00000133. The largest absolute Gasteiger partial charge is 0.394 e. The third-order valence-corrected chi connectivity index (χ3v) is 4.92. The van der Waals surface area contributed by atoms with E-state index < -0.39 is 0 Å². The number of nitrogens with zero attached hydrogens (tertiary/aromatic N) is 1. The number of ether oxygens (including phenoxy) is 1. The average molecular weight is 291 g/mol. The third kappa shape index (κ3) is 2.61. The normalized spacial score (nSPS) is 41.2. The number of hydrogen-bond donors (Lipinski definition) is 2. The summed E-state index contributed by atoms with van der Waals surface area (Å²) in [5, 5.41) is 9.13. The fraction of sp³-hybridized carbons (Fsp3) is 0.923. The molecule has 1 saturated heterocycles. The molecule has 3 aliphatic rings. The number of aliphatic hydroxyl groups excluding tert-OH is 1. The molecule has 2 aliphatic carbocycles. The van der Waals surface area contributed by atoms with E-state index in [1.165, 1.54) is 6.42 Å². The van der Waals surface area contributed by atoms with Gasteiger partial charge in [0.25, 0.3) is 0 Å². The number of carbonyl (C=O) groups is 1. The number of fused-ring (bicyclic) bond motifs is 2. The maximum absolute atomic E-state index is 12.6. The van der Waals surface area contributed by atoms with E-state index in [0.717, 1.165) is 12.8 Å². The van der Waals surface area contributed by atoms with Crippen molar-refractivity contribution in [1.29, 1.82) is 0 Å². The van der Waals surface area contributed by atoms with Gasteiger partial charge in [0.05, 0.1) is 25.2 Å². The fourth-order valence-electron chi connectivity index (χ4n) is 3.94. The van der Waals surface area contributed by atoms with Crippen LogP contribution < -0.4 is 5.73 Å². The molecule has 2 saturated carbocycles. The number of morpholine rings is 1. The van der Waals surface area contributed by atoms with Crippen molar-refractivity contribution in [1.82, 2.24) is 4.90 Å². The van der Waals surface area contributed by atoms with Crippen LogP contribution in [0.4, 0.5) is 0 Å². The highest BCUT2D eigenvalue weighted by Gasteiger charge is 2.50. The molecule has 3 N–H and O–H groups in total. The minimum atomic E-state index is -0.225. The molecule has 6 heteroatoms. The first-order valence-electron chi connectivity index (χ1n) is 6.97. The fourth-order valence-corrected chi connectivity index (χ4v) is 3.94. The lowest BCUT2D eigenvalue weighted by atomic mass is 9.84. The smallest absolute Gasteiger partial charge is 0.227 e. The van der Waals surface area contributed by atoms with Crippen molar-refractivity contribution in [2.75, 3.05) is 26.3 Å². The topological polar surface area (TPSA) is 75.8 Å². The van der Waals surface area contributed by atoms with Gasteiger partial charge < -0.3 is 20.5 Å². The van der Waals surface area contributed by atoms with Crippen molar-refractivity contribution in [3.05, 3.63) is 0 Å². The minimum absolute atomic E-state index is 0. The van der Waals surface area contributed by atoms with Crippen LogP contribution in [0.15, 0.2) is 0 Å². The van der Waals surface area contributed by atoms with E-state index >= 15 is 0 Å². The van der Waals surface area contributed by atoms with Gasteiger partial charge in [-0.3, -0.25) is 4.79 Å². The highest BCUT2D eigenvalue weighted by Crippen LogP contribution is 2.48. The Morgan fingerprint density at radius 3 is 2.74 bits per heavy atom. The zero-order valence-electron chi connectivity index (χ0n) is 11.0. The zero-order chi connectivity index (χ0) is 12.7. The molecule has 1 heterocycles. The molecule has 1 amide bonds. The lowest BCUT2D eigenvalue weighted by Crippen LogP contribution is -2.53. The molecule has 0 spiro atoms. The predicted octanol–water partition coefficient (Wildman–Crippen LogP) is 0.00130. The number of hydrogen-bond acceptors (Lipinski definition) is 4. The van der Waals surface area contributed by atoms with Crippen LogP contribution in [0, 0.1) is 17.8 Å². The summed E-state index contributed by atoms with van der Waals surface area (Å²) in [6, 6.07) is 0.0478. The molecule has 5 unspecified atom stereocenters. The van der Waals surface area contributed by atoms with Crippen LogP contribution in [0.25, 0.3) is 0 Å². The summed E-state index contributed by atoms with van der Waals surface area (Å²) in [5.41, 5.74) is 6.21. The van der Waals surface area contributed by atoms with Crippen molar-refractivity contribution in [3.8, 4) is 0 Å². The quantitative estimate of drug-likeness (QED) is 0.751. The highest BCUT2D eigenvalue weighted by molar-refractivity contribution is 5.85. The van der Waals surface area contributed by atoms with E-state index in [0.29, 0.717) is 31.5 Å². The van der Waals surface area contributed by atoms with Crippen LogP contribution in [0.1, 0.15) is 19.3 Å². The Bertz CT molecular complexity index is 340. The molecule has 0 radical (unpaired) electrons. The summed E-state index contributed by atoms with van der Waals surface area (Å²) in [6.45, 7) is 1.64. The molecule has 19 heavy (non-hydrogen) atoms. The number of carbonyl (C=O) groups excluding carboxylic acids is 1. The monoisotopic (exact) mass is 290 g/mol. The van der Waals surface area contributed by atoms with E-state index in [-0.39, 0.29) is 43.0 Å². The summed E-state index contributed by atoms with van der Waals surface area (Å²) in [6.07, 6.45) is 3.25. The summed E-state index contributed by atoms with van der Waals surface area (Å²) < 4.78 is 5.38. The number of amides is 1. The molecule has 5 nitrogen and oxygen atoms in total. The third-order valence-electron chi connectivity index (χ3n) is 4.92. The van der Waals surface area contributed by atoms with Crippen molar-refractivity contribution >= 4 is 18.3 Å². The van der Waals surface area contributed by atoms with Crippen molar-refractivity contribution in [3.63, 3.8) is 0 Å². The molecule has 5 atom stereocenters. The number of aliphatic hydroxyl groups is 1. The first kappa shape index (κ1) is 15.0. The van der Waals surface area contributed by atoms with Gasteiger partial charge in [-0.1, -0.05) is 0 Å². The second-order valence-corrected chi connectivity index (χ2v) is 5.90. The molecule has 0 aromatic heterocycles. The van der Waals surface area contributed by atoms with Crippen LogP contribution in [-0.2, 0) is 9.53 Å². The van der Waals surface area contributed by atoms with E-state index in [9.17, 15) is 4.79 Å². The number of nitrogens with two attached hydrogens (primary N) is 1. The van der Waals surface area contributed by atoms with Gasteiger partial charge in [-0.25, -0.2) is 0 Å². The van der Waals surface area contributed by atoms with E-state index in [2.05, 4.69) is 0 Å². The summed E-state index contributed by atoms with van der Waals surface area (Å²) in [5.74, 6) is 1.25. The lowest BCUT2D eigenvalue weighted by molar-refractivity contribution is -0.146. The number of halogens is 1. The molecule has 2 bridgehead atoms. The molecule has 1 aliphatic heterocycles. The first-order chi connectivity index (χ1) is 8.70. The Labute approximate surface area is 119 Å². The zero-order valence-corrected chi connectivity index (χ0v) is 11.8. The van der Waals surface area contributed by atoms with Crippen molar-refractivity contribution < 1.29 is 14.6 Å². The second-order valence-electron chi connectivity index (χ2n) is 5.90. The minimum Gasteiger partial charge on any atom is -0.394 e. The van der Waals surface area contributed by atoms with E-state index in [1.54, 1.807) is 0 Å². The van der Waals surface area contributed by atoms with Gasteiger partial charge in [0.1, 0.15) is 0 Å². The Hall–Kier alpha value is -0.360. The second kappa shape index (κ2) is 5.95. The first-order valence-corrected chi connectivity index (χ1v) is 6.97. The van der Waals surface area contributed by atoms with Gasteiger partial charge in [-0.15, -0.1) is 12.4 Å². The van der Waals surface area contributed by atoms with Gasteiger partial charge in [-0.2, -0.15) is 0 Å². The van der Waals surface area contributed by atoms with Crippen LogP contribution in [-0.4, -0.2) is 54.4 Å². The number of rotatable bonds is 2. The maximum Gasteiger partial charge on any atom is 0.227 e. The Kier molecular flexibility index (Phi) is 4.71. The highest BCUT2D eigenvalue weighted by atomic mass is 35.5. The summed E-state index contributed by atoms with van der Waals surface area (Å²) >= 11 is 0. The summed E-state index contributed by atoms with van der Waals surface area (Å²) in [4.78, 5) is 14.4. The van der Waals surface area contributed by atoms with Crippen LogP contribution in [0.3, 0.4) is 0 Å². The molecule has 3 rings (SSSR count). The molecular formula is C13H23ClN2O3. The predicted molar refractivity (Wildman–Crippen MR) is 73.0 cm³/mol. The molecule has 0 aromatic rings. The van der Waals surface area contributed by atoms with Crippen LogP contribution >= 0.6 is 12.4 Å². The van der Waals surface area contributed by atoms with Gasteiger partial charge in [0.2, 0.25) is 5.91 Å². The molecule has 110 valence electrons. The SMILES string of the molecule is Cl.NC1C2CCC(C2)C1C(=O)N1CCOC(CO)C1. The van der Waals surface area contributed by atoms with E-state index in [1.807, 2.05) is 4.90 Å². The van der Waals surface area contributed by atoms with Gasteiger partial charge in [0, 0.05) is 19.1 Å². The molecule has 3 fully saturated rings. The summed E-state index contributed by atoms with van der Waals surface area (Å²) in [7, 11) is 0. The Morgan fingerprint density at radius 2 is 2.11 bits per heavy atom. The van der Waals surface area contributed by atoms with Gasteiger partial charge >= 0.3 is 0 Å². The van der Waals surface area contributed by atoms with Crippen LogP contribution in [0.2, 0.25) is 0 Å². The van der Waals surface area contributed by atoms with Crippen molar-refractivity contribution in [2.45, 2.75) is 31.4 Å². The molecular weight excluding hydrogens is 268 g/mol. The van der Waals surface area contributed by atoms with Gasteiger partial charge in [-0.05, 0) is 31.1 Å². The van der Waals surface area contributed by atoms with Crippen LogP contribution in [0.5, 0.6) is 0 Å². The Morgan fingerprint density at radius 1 is 1.37 bits per heavy atom. The molecule has 0 aromatic carbocycles. The van der Waals surface area contributed by atoms with E-state index in [4.69, 9.17) is 15.6 Å². The standard InChI is InChI=1S/C13H22N2O3.ClH/c14-12-9-2-1-8(5-9)11(12)13(17)15-3-4-18-10(6-15)7-16;/h8-12,16H,1-7,14H2;1H. The van der Waals surface area contributed by atoms with Gasteiger partial charge in [0.15, 0.2) is 0 Å².